The van der Waals surface area contributed by atoms with Crippen LogP contribution in [0.25, 0.3) is 0 Å². The van der Waals surface area contributed by atoms with Crippen LogP contribution in [0.2, 0.25) is 0 Å². The van der Waals surface area contributed by atoms with Gasteiger partial charge in [0.1, 0.15) is 12.5 Å². The summed E-state index contributed by atoms with van der Waals surface area (Å²) in [6, 6.07) is 4.42. The molecule has 0 spiro atoms. The highest BCUT2D eigenvalue weighted by molar-refractivity contribution is 5.97. The molecule has 6 nitrogen and oxygen atoms in total. The normalized spacial score (nSPS) is 14.7. The molecular formula is C12H13NO5. The van der Waals surface area contributed by atoms with E-state index in [0.717, 1.165) is 0 Å². The van der Waals surface area contributed by atoms with Gasteiger partial charge in [-0.15, -0.1) is 0 Å². The zero-order valence-electron chi connectivity index (χ0n) is 9.88. The summed E-state index contributed by atoms with van der Waals surface area (Å²) in [7, 11) is 1.47. The van der Waals surface area contributed by atoms with Gasteiger partial charge in [0.2, 0.25) is 5.91 Å². The highest BCUT2D eigenvalue weighted by Gasteiger charge is 2.24. The van der Waals surface area contributed by atoms with Gasteiger partial charge in [0.25, 0.3) is 0 Å². The number of carbonyl (C=O) groups is 2. The van der Waals surface area contributed by atoms with Gasteiger partial charge in [0.15, 0.2) is 0 Å². The van der Waals surface area contributed by atoms with E-state index in [1.54, 1.807) is 6.07 Å². The summed E-state index contributed by atoms with van der Waals surface area (Å²) >= 11 is 0. The number of ether oxygens (including phenoxy) is 2. The Kier molecular flexibility index (Phi) is 3.47. The predicted octanol–water partition coefficient (Wildman–Crippen LogP) is 1.10. The summed E-state index contributed by atoms with van der Waals surface area (Å²) in [5, 5.41) is 8.96. The maximum absolute atomic E-state index is 11.9. The first-order chi connectivity index (χ1) is 8.63. The Morgan fingerprint density at radius 2 is 2.33 bits per heavy atom. The molecule has 96 valence electrons. The van der Waals surface area contributed by atoms with E-state index in [1.807, 2.05) is 0 Å². The summed E-state index contributed by atoms with van der Waals surface area (Å²) in [5.41, 5.74) is 0.535. The van der Waals surface area contributed by atoms with Crippen LogP contribution in [0.5, 0.6) is 5.75 Å². The van der Waals surface area contributed by atoms with E-state index in [9.17, 15) is 9.59 Å². The van der Waals surface area contributed by atoms with Crippen molar-refractivity contribution in [3.8, 4) is 5.75 Å². The number of methoxy groups -OCH3 is 1. The number of carbonyl (C=O) groups excluding carboxylic acids is 1. The van der Waals surface area contributed by atoms with Gasteiger partial charge >= 0.3 is 5.97 Å². The molecule has 0 saturated carbocycles. The zero-order valence-corrected chi connectivity index (χ0v) is 9.88. The molecule has 6 heteroatoms. The van der Waals surface area contributed by atoms with Gasteiger partial charge in [0.05, 0.1) is 24.3 Å². The van der Waals surface area contributed by atoms with Crippen molar-refractivity contribution >= 4 is 17.6 Å². The van der Waals surface area contributed by atoms with Crippen molar-refractivity contribution in [2.75, 3.05) is 25.3 Å². The summed E-state index contributed by atoms with van der Waals surface area (Å²) in [5.74, 6) is -0.715. The molecule has 1 aromatic rings. The van der Waals surface area contributed by atoms with Gasteiger partial charge in [-0.2, -0.15) is 0 Å². The second kappa shape index (κ2) is 5.05. The monoisotopic (exact) mass is 251 g/mol. The molecule has 1 aliphatic rings. The lowest BCUT2D eigenvalue weighted by Gasteiger charge is -2.21. The Hall–Kier alpha value is -2.08. The molecule has 18 heavy (non-hydrogen) atoms. The average Bonchev–Trinajstić information content (AvgIpc) is 2.50. The topological polar surface area (TPSA) is 76.1 Å². The minimum absolute atomic E-state index is 0.0677. The van der Waals surface area contributed by atoms with Gasteiger partial charge in [-0.25, -0.2) is 4.79 Å². The molecule has 0 unspecified atom stereocenters. The number of nitrogens with zero attached hydrogens (tertiary/aromatic N) is 1. The highest BCUT2D eigenvalue weighted by atomic mass is 16.5. The maximum atomic E-state index is 11.9. The van der Waals surface area contributed by atoms with Crippen LogP contribution in [0, 0.1) is 0 Å². The van der Waals surface area contributed by atoms with Crippen molar-refractivity contribution in [3.05, 3.63) is 23.8 Å². The smallest absolute Gasteiger partial charge is 0.335 e. The molecule has 0 fully saturated rings. The molecule has 0 atom stereocenters. The Morgan fingerprint density at radius 3 is 3.00 bits per heavy atom. The SMILES string of the molecule is COCN1C(=O)CCOc2ccc(C(=O)O)cc21. The number of benzene rings is 1. The number of amides is 1. The van der Waals surface area contributed by atoms with Crippen LogP contribution in [0.15, 0.2) is 18.2 Å². The van der Waals surface area contributed by atoms with E-state index in [2.05, 4.69) is 0 Å². The van der Waals surface area contributed by atoms with Crippen molar-refractivity contribution in [3.63, 3.8) is 0 Å². The van der Waals surface area contributed by atoms with Gasteiger partial charge in [-0.1, -0.05) is 0 Å². The number of aromatic carboxylic acids is 1. The number of hydrogen-bond donors (Lipinski definition) is 1. The summed E-state index contributed by atoms with van der Waals surface area (Å²) in [4.78, 5) is 24.2. The van der Waals surface area contributed by atoms with Crippen LogP contribution < -0.4 is 9.64 Å². The van der Waals surface area contributed by atoms with Crippen LogP contribution in [0.4, 0.5) is 5.69 Å². The second-order valence-corrected chi connectivity index (χ2v) is 3.83. The number of carboxylic acids is 1. The van der Waals surface area contributed by atoms with Gasteiger partial charge in [0, 0.05) is 7.11 Å². The maximum Gasteiger partial charge on any atom is 0.335 e. The molecule has 1 aromatic carbocycles. The standard InChI is InChI=1S/C12H13NO5/c1-17-7-13-9-6-8(12(15)16)2-3-10(9)18-5-4-11(13)14/h2-3,6H,4-5,7H2,1H3,(H,15,16). The summed E-state index contributed by atoms with van der Waals surface area (Å²) in [6.45, 7) is 0.344. The molecule has 0 aromatic heterocycles. The molecule has 0 aliphatic carbocycles. The molecule has 1 amide bonds. The highest BCUT2D eigenvalue weighted by Crippen LogP contribution is 2.32. The number of anilines is 1. The Balaban J connectivity index is 2.47. The molecule has 1 aliphatic heterocycles. The van der Waals surface area contributed by atoms with Crippen molar-refractivity contribution < 1.29 is 24.2 Å². The van der Waals surface area contributed by atoms with Crippen LogP contribution in [-0.2, 0) is 9.53 Å². The van der Waals surface area contributed by atoms with Gasteiger partial charge in [-0.05, 0) is 18.2 Å². The largest absolute Gasteiger partial charge is 0.491 e. The third-order valence-electron chi connectivity index (χ3n) is 2.63. The number of rotatable bonds is 3. The Bertz CT molecular complexity index is 485. The number of fused-ring (bicyclic) bond motifs is 1. The molecule has 2 rings (SSSR count). The molecule has 1 N–H and O–H groups in total. The minimum atomic E-state index is -1.05. The first-order valence-electron chi connectivity index (χ1n) is 5.43. The summed E-state index contributed by atoms with van der Waals surface area (Å²) < 4.78 is 10.4. The number of hydrogen-bond acceptors (Lipinski definition) is 4. The van der Waals surface area contributed by atoms with E-state index >= 15 is 0 Å². The lowest BCUT2D eigenvalue weighted by Crippen LogP contribution is -2.32. The zero-order chi connectivity index (χ0) is 13.1. The van der Waals surface area contributed by atoms with Crippen LogP contribution >= 0.6 is 0 Å². The van der Waals surface area contributed by atoms with Crippen molar-refractivity contribution in [1.82, 2.24) is 0 Å². The van der Waals surface area contributed by atoms with Crippen molar-refractivity contribution in [2.24, 2.45) is 0 Å². The lowest BCUT2D eigenvalue weighted by atomic mass is 10.1. The summed E-state index contributed by atoms with van der Waals surface area (Å²) in [6.07, 6.45) is 0.237. The lowest BCUT2D eigenvalue weighted by molar-refractivity contribution is -0.119. The quantitative estimate of drug-likeness (QED) is 0.870. The Morgan fingerprint density at radius 1 is 1.56 bits per heavy atom. The fourth-order valence-electron chi connectivity index (χ4n) is 1.77. The van der Waals surface area contributed by atoms with Gasteiger partial charge < -0.3 is 14.6 Å². The first-order valence-corrected chi connectivity index (χ1v) is 5.43. The molecule has 0 radical (unpaired) electrons. The second-order valence-electron chi connectivity index (χ2n) is 3.83. The fourth-order valence-corrected chi connectivity index (χ4v) is 1.77. The predicted molar refractivity (Wildman–Crippen MR) is 62.9 cm³/mol. The molecule has 0 bridgehead atoms. The van der Waals surface area contributed by atoms with E-state index in [1.165, 1.54) is 24.1 Å². The van der Waals surface area contributed by atoms with Crippen molar-refractivity contribution in [1.29, 1.82) is 0 Å². The first kappa shape index (κ1) is 12.4. The minimum Gasteiger partial charge on any atom is -0.491 e. The van der Waals surface area contributed by atoms with E-state index < -0.39 is 5.97 Å². The third-order valence-corrected chi connectivity index (χ3v) is 2.63. The third kappa shape index (κ3) is 2.28. The molecular weight excluding hydrogens is 238 g/mol. The van der Waals surface area contributed by atoms with Crippen LogP contribution in [-0.4, -0.2) is 37.4 Å². The van der Waals surface area contributed by atoms with E-state index in [0.29, 0.717) is 11.4 Å². The Labute approximate surface area is 104 Å². The van der Waals surface area contributed by atoms with E-state index in [-0.39, 0.29) is 31.2 Å². The fraction of sp³-hybridized carbons (Fsp3) is 0.333. The van der Waals surface area contributed by atoms with Crippen LogP contribution in [0.1, 0.15) is 16.8 Å². The van der Waals surface area contributed by atoms with Crippen LogP contribution in [0.3, 0.4) is 0 Å². The van der Waals surface area contributed by atoms with Gasteiger partial charge in [-0.3, -0.25) is 9.69 Å². The molecule has 1 heterocycles. The van der Waals surface area contributed by atoms with E-state index in [4.69, 9.17) is 14.6 Å². The average molecular weight is 251 g/mol. The number of carboxylic acid groups (broad SMARTS) is 1. The van der Waals surface area contributed by atoms with Crippen molar-refractivity contribution in [2.45, 2.75) is 6.42 Å². The molecule has 0 saturated heterocycles.